The van der Waals surface area contributed by atoms with Gasteiger partial charge in [-0.3, -0.25) is 0 Å². The maximum atomic E-state index is 9.61. The summed E-state index contributed by atoms with van der Waals surface area (Å²) in [5.41, 5.74) is 1.98. The van der Waals surface area contributed by atoms with Crippen molar-refractivity contribution in [3.63, 3.8) is 0 Å². The summed E-state index contributed by atoms with van der Waals surface area (Å²) < 4.78 is 0. The van der Waals surface area contributed by atoms with E-state index in [-0.39, 0.29) is 23.0 Å². The lowest BCUT2D eigenvalue weighted by atomic mass is 9.82. The predicted octanol–water partition coefficient (Wildman–Crippen LogP) is 3.96. The Morgan fingerprint density at radius 3 is 1.65 bits per heavy atom. The fraction of sp³-hybridized carbons (Fsp3) is 0.368. The Kier molecular flexibility index (Phi) is 5.37. The number of hydrogen-bond acceptors (Lipinski definition) is 4. The van der Waals surface area contributed by atoms with E-state index in [0.717, 1.165) is 30.4 Å². The first kappa shape index (κ1) is 17.0. The van der Waals surface area contributed by atoms with Crippen LogP contribution in [0.25, 0.3) is 0 Å². The second-order valence-electron chi connectivity index (χ2n) is 6.20. The highest BCUT2D eigenvalue weighted by atomic mass is 16.3. The molecule has 124 valence electrons. The Hall–Kier alpha value is -2.36. The number of aromatic hydroxyl groups is 4. The summed E-state index contributed by atoms with van der Waals surface area (Å²) in [6, 6.07) is 9.89. The zero-order valence-electron chi connectivity index (χ0n) is 13.5. The minimum Gasteiger partial charge on any atom is -0.504 e. The predicted molar refractivity (Wildman–Crippen MR) is 89.9 cm³/mol. The van der Waals surface area contributed by atoms with E-state index >= 15 is 0 Å². The van der Waals surface area contributed by atoms with Gasteiger partial charge in [0.25, 0.3) is 0 Å². The van der Waals surface area contributed by atoms with E-state index < -0.39 is 0 Å². The van der Waals surface area contributed by atoms with E-state index in [9.17, 15) is 20.4 Å². The lowest BCUT2D eigenvalue weighted by molar-refractivity contribution is 0.340. The normalized spacial score (nSPS) is 13.7. The van der Waals surface area contributed by atoms with Gasteiger partial charge in [0.05, 0.1) is 0 Å². The van der Waals surface area contributed by atoms with Crippen LogP contribution in [0.5, 0.6) is 23.0 Å². The molecule has 2 aromatic rings. The molecular weight excluding hydrogens is 292 g/mol. The molecule has 2 atom stereocenters. The molecule has 0 saturated carbocycles. The zero-order chi connectivity index (χ0) is 17.0. The van der Waals surface area contributed by atoms with E-state index in [0.29, 0.717) is 11.8 Å². The van der Waals surface area contributed by atoms with Crippen molar-refractivity contribution in [3.05, 3.63) is 47.5 Å². The second-order valence-corrected chi connectivity index (χ2v) is 6.20. The molecule has 0 aliphatic rings. The highest BCUT2D eigenvalue weighted by Crippen LogP contribution is 2.31. The molecule has 0 aliphatic carbocycles. The van der Waals surface area contributed by atoms with Crippen molar-refractivity contribution >= 4 is 0 Å². The van der Waals surface area contributed by atoms with E-state index in [1.807, 2.05) is 12.1 Å². The molecule has 4 heteroatoms. The summed E-state index contributed by atoms with van der Waals surface area (Å²) in [7, 11) is 0. The SMILES string of the molecule is CCC(Cc1ccc(O)c(O)c1)C(C)Cc1ccc(O)c(O)c1. The largest absolute Gasteiger partial charge is 0.504 e. The first-order chi connectivity index (χ1) is 10.9. The van der Waals surface area contributed by atoms with Crippen molar-refractivity contribution in [3.8, 4) is 23.0 Å². The monoisotopic (exact) mass is 316 g/mol. The van der Waals surface area contributed by atoms with Crippen LogP contribution >= 0.6 is 0 Å². The molecule has 4 N–H and O–H groups in total. The molecule has 0 bridgehead atoms. The van der Waals surface area contributed by atoms with Gasteiger partial charge in [0.2, 0.25) is 0 Å². The van der Waals surface area contributed by atoms with E-state index in [1.54, 1.807) is 12.1 Å². The Balaban J connectivity index is 2.06. The molecule has 2 unspecified atom stereocenters. The molecule has 0 aliphatic heterocycles. The number of rotatable bonds is 6. The third kappa shape index (κ3) is 4.31. The van der Waals surface area contributed by atoms with Gasteiger partial charge in [0.15, 0.2) is 23.0 Å². The van der Waals surface area contributed by atoms with Crippen molar-refractivity contribution in [2.75, 3.05) is 0 Å². The summed E-state index contributed by atoms with van der Waals surface area (Å²) >= 11 is 0. The van der Waals surface area contributed by atoms with Gasteiger partial charge in [-0.15, -0.1) is 0 Å². The standard InChI is InChI=1S/C19H24O4/c1-3-15(9-14-5-7-17(21)19(23)11-14)12(2)8-13-4-6-16(20)18(22)10-13/h4-7,10-12,15,20-23H,3,8-9H2,1-2H3. The van der Waals surface area contributed by atoms with Gasteiger partial charge < -0.3 is 20.4 Å². The lowest BCUT2D eigenvalue weighted by Gasteiger charge is -2.23. The van der Waals surface area contributed by atoms with Crippen LogP contribution < -0.4 is 0 Å². The van der Waals surface area contributed by atoms with Gasteiger partial charge in [0, 0.05) is 0 Å². The van der Waals surface area contributed by atoms with Crippen molar-refractivity contribution in [2.45, 2.75) is 33.1 Å². The third-order valence-electron chi connectivity index (χ3n) is 4.46. The van der Waals surface area contributed by atoms with Crippen molar-refractivity contribution in [1.82, 2.24) is 0 Å². The fourth-order valence-electron chi connectivity index (χ4n) is 2.98. The summed E-state index contributed by atoms with van der Waals surface area (Å²) in [5.74, 6) is 0.400. The minimum absolute atomic E-state index is 0.0894. The number of hydrogen-bond donors (Lipinski definition) is 4. The first-order valence-electron chi connectivity index (χ1n) is 7.92. The molecule has 2 aromatic carbocycles. The molecule has 0 spiro atoms. The summed E-state index contributed by atoms with van der Waals surface area (Å²) in [6.45, 7) is 4.30. The van der Waals surface area contributed by atoms with Crippen molar-refractivity contribution in [1.29, 1.82) is 0 Å². The number of benzene rings is 2. The van der Waals surface area contributed by atoms with Gasteiger partial charge in [-0.25, -0.2) is 0 Å². The average Bonchev–Trinajstić information content (AvgIpc) is 2.52. The van der Waals surface area contributed by atoms with E-state index in [4.69, 9.17) is 0 Å². The van der Waals surface area contributed by atoms with E-state index in [2.05, 4.69) is 13.8 Å². The second kappa shape index (κ2) is 7.27. The third-order valence-corrected chi connectivity index (χ3v) is 4.46. The van der Waals surface area contributed by atoms with Crippen LogP contribution in [-0.2, 0) is 12.8 Å². The summed E-state index contributed by atoms with van der Waals surface area (Å²) in [5, 5.41) is 38.0. The average molecular weight is 316 g/mol. The van der Waals surface area contributed by atoms with Crippen molar-refractivity contribution < 1.29 is 20.4 Å². The van der Waals surface area contributed by atoms with Crippen LogP contribution in [0.15, 0.2) is 36.4 Å². The van der Waals surface area contributed by atoms with Gasteiger partial charge in [-0.05, 0) is 60.1 Å². The molecule has 0 fully saturated rings. The quantitative estimate of drug-likeness (QED) is 0.608. The molecule has 0 amide bonds. The van der Waals surface area contributed by atoms with Crippen molar-refractivity contribution in [2.24, 2.45) is 11.8 Å². The zero-order valence-corrected chi connectivity index (χ0v) is 13.5. The molecule has 4 nitrogen and oxygen atoms in total. The highest BCUT2D eigenvalue weighted by Gasteiger charge is 2.18. The molecular formula is C19H24O4. The maximum Gasteiger partial charge on any atom is 0.157 e. The molecule has 0 radical (unpaired) electrons. The molecule has 23 heavy (non-hydrogen) atoms. The Bertz CT molecular complexity index is 666. The van der Waals surface area contributed by atoms with Gasteiger partial charge >= 0.3 is 0 Å². The van der Waals surface area contributed by atoms with Crippen LogP contribution in [0.4, 0.5) is 0 Å². The molecule has 0 heterocycles. The minimum atomic E-state index is -0.104. The molecule has 0 aromatic heterocycles. The molecule has 2 rings (SSSR count). The fourth-order valence-corrected chi connectivity index (χ4v) is 2.98. The summed E-state index contributed by atoms with van der Waals surface area (Å²) in [6.07, 6.45) is 2.61. The first-order valence-corrected chi connectivity index (χ1v) is 7.92. The van der Waals surface area contributed by atoms with Crippen LogP contribution in [0.1, 0.15) is 31.4 Å². The van der Waals surface area contributed by atoms with Crippen LogP contribution in [-0.4, -0.2) is 20.4 Å². The number of phenolic OH excluding ortho intramolecular Hbond substituents is 4. The Morgan fingerprint density at radius 1 is 0.739 bits per heavy atom. The summed E-state index contributed by atoms with van der Waals surface area (Å²) in [4.78, 5) is 0. The lowest BCUT2D eigenvalue weighted by Crippen LogP contribution is -2.16. The van der Waals surface area contributed by atoms with Crippen LogP contribution in [0.3, 0.4) is 0 Å². The highest BCUT2D eigenvalue weighted by molar-refractivity contribution is 5.41. The molecule has 0 saturated heterocycles. The van der Waals surface area contributed by atoms with Crippen LogP contribution in [0.2, 0.25) is 0 Å². The Labute approximate surface area is 136 Å². The number of phenols is 4. The van der Waals surface area contributed by atoms with Gasteiger partial charge in [0.1, 0.15) is 0 Å². The maximum absolute atomic E-state index is 9.61. The van der Waals surface area contributed by atoms with Crippen LogP contribution in [0, 0.1) is 11.8 Å². The topological polar surface area (TPSA) is 80.9 Å². The van der Waals surface area contributed by atoms with Gasteiger partial charge in [-0.2, -0.15) is 0 Å². The Morgan fingerprint density at radius 2 is 1.22 bits per heavy atom. The van der Waals surface area contributed by atoms with E-state index in [1.165, 1.54) is 12.1 Å². The smallest absolute Gasteiger partial charge is 0.157 e. The van der Waals surface area contributed by atoms with Gasteiger partial charge in [-0.1, -0.05) is 32.4 Å².